The van der Waals surface area contributed by atoms with Gasteiger partial charge in [0.2, 0.25) is 5.91 Å². The molecule has 0 fully saturated rings. The molecule has 0 aromatic heterocycles. The molecule has 1 unspecified atom stereocenters. The van der Waals surface area contributed by atoms with Crippen molar-refractivity contribution < 1.29 is 4.79 Å². The van der Waals surface area contributed by atoms with Crippen LogP contribution in [0.5, 0.6) is 0 Å². The maximum Gasteiger partial charge on any atom is 0.248 e. The lowest BCUT2D eigenvalue weighted by Gasteiger charge is -2.18. The zero-order valence-electron chi connectivity index (χ0n) is 10.9. The Morgan fingerprint density at radius 2 is 2.26 bits per heavy atom. The molecule has 0 spiro atoms. The smallest absolute Gasteiger partial charge is 0.248 e. The number of carbonyl (C=O) groups excluding carboxylic acids is 1. The lowest BCUT2D eigenvalue weighted by molar-refractivity contribution is 0.100. The third-order valence-electron chi connectivity index (χ3n) is 3.46. The van der Waals surface area contributed by atoms with E-state index in [2.05, 4.69) is 17.5 Å². The first-order chi connectivity index (χ1) is 9.16. The number of nitrogens with two attached hydrogens (primary N) is 1. The molecule has 102 valence electrons. The SMILES string of the molecule is NC(=O)c1ccc(CNCC2CC=CCC2)c(Cl)c1. The quantitative estimate of drug-likeness (QED) is 0.814. The van der Waals surface area contributed by atoms with E-state index in [4.69, 9.17) is 17.3 Å². The van der Waals surface area contributed by atoms with Gasteiger partial charge in [0.15, 0.2) is 0 Å². The minimum atomic E-state index is -0.449. The fourth-order valence-electron chi connectivity index (χ4n) is 2.30. The zero-order chi connectivity index (χ0) is 13.7. The van der Waals surface area contributed by atoms with Crippen LogP contribution in [0.25, 0.3) is 0 Å². The third-order valence-corrected chi connectivity index (χ3v) is 3.82. The van der Waals surface area contributed by atoms with Crippen LogP contribution in [-0.4, -0.2) is 12.5 Å². The highest BCUT2D eigenvalue weighted by molar-refractivity contribution is 6.31. The van der Waals surface area contributed by atoms with Crippen molar-refractivity contribution in [2.45, 2.75) is 25.8 Å². The average molecular weight is 279 g/mol. The van der Waals surface area contributed by atoms with E-state index in [0.29, 0.717) is 16.5 Å². The Balaban J connectivity index is 1.85. The van der Waals surface area contributed by atoms with Gasteiger partial charge in [0.05, 0.1) is 0 Å². The molecule has 0 saturated carbocycles. The standard InChI is InChI=1S/C15H19ClN2O/c16-14-8-12(15(17)19)6-7-13(14)10-18-9-11-4-2-1-3-5-11/h1-2,6-8,11,18H,3-5,9-10H2,(H2,17,19). The molecule has 1 aromatic rings. The van der Waals surface area contributed by atoms with Crippen LogP contribution in [0.2, 0.25) is 5.02 Å². The van der Waals surface area contributed by atoms with E-state index in [-0.39, 0.29) is 0 Å². The number of allylic oxidation sites excluding steroid dienone is 2. The van der Waals surface area contributed by atoms with Crippen molar-refractivity contribution in [1.82, 2.24) is 5.32 Å². The van der Waals surface area contributed by atoms with Crippen molar-refractivity contribution >= 4 is 17.5 Å². The molecule has 0 aliphatic heterocycles. The average Bonchev–Trinajstić information content (AvgIpc) is 2.41. The number of halogens is 1. The summed E-state index contributed by atoms with van der Waals surface area (Å²) in [7, 11) is 0. The van der Waals surface area contributed by atoms with Gasteiger partial charge in [0, 0.05) is 17.1 Å². The van der Waals surface area contributed by atoms with E-state index in [1.807, 2.05) is 6.07 Å². The van der Waals surface area contributed by atoms with Gasteiger partial charge in [-0.25, -0.2) is 0 Å². The summed E-state index contributed by atoms with van der Waals surface area (Å²) in [6.07, 6.45) is 8.08. The summed E-state index contributed by atoms with van der Waals surface area (Å²) in [5.74, 6) is 0.268. The largest absolute Gasteiger partial charge is 0.366 e. The van der Waals surface area contributed by atoms with Crippen LogP contribution in [0, 0.1) is 5.92 Å². The summed E-state index contributed by atoms with van der Waals surface area (Å²) in [6.45, 7) is 1.72. The third kappa shape index (κ3) is 4.08. The van der Waals surface area contributed by atoms with E-state index in [0.717, 1.165) is 25.1 Å². The Hall–Kier alpha value is -1.32. The first kappa shape index (κ1) is 14.1. The highest BCUT2D eigenvalue weighted by atomic mass is 35.5. The second-order valence-corrected chi connectivity index (χ2v) is 5.36. The minimum Gasteiger partial charge on any atom is -0.366 e. The van der Waals surface area contributed by atoms with Crippen LogP contribution in [0.4, 0.5) is 0 Å². The molecule has 1 atom stereocenters. The molecule has 0 heterocycles. The number of carbonyl (C=O) groups is 1. The second-order valence-electron chi connectivity index (χ2n) is 4.95. The summed E-state index contributed by atoms with van der Waals surface area (Å²) in [5.41, 5.74) is 6.66. The monoisotopic (exact) mass is 278 g/mol. The lowest BCUT2D eigenvalue weighted by Crippen LogP contribution is -2.23. The van der Waals surface area contributed by atoms with Crippen LogP contribution in [-0.2, 0) is 6.54 Å². The van der Waals surface area contributed by atoms with Crippen LogP contribution >= 0.6 is 11.6 Å². The molecule has 1 aromatic carbocycles. The number of primary amides is 1. The molecular formula is C15H19ClN2O. The molecule has 0 radical (unpaired) electrons. The molecule has 3 N–H and O–H groups in total. The van der Waals surface area contributed by atoms with Crippen LogP contribution in [0.1, 0.15) is 35.2 Å². The van der Waals surface area contributed by atoms with Crippen molar-refractivity contribution in [3.05, 3.63) is 46.5 Å². The molecule has 4 heteroatoms. The number of hydrogen-bond donors (Lipinski definition) is 2. The summed E-state index contributed by atoms with van der Waals surface area (Å²) in [5, 5.41) is 4.02. The van der Waals surface area contributed by atoms with E-state index < -0.39 is 5.91 Å². The van der Waals surface area contributed by atoms with E-state index in [1.54, 1.807) is 12.1 Å². The highest BCUT2D eigenvalue weighted by Crippen LogP contribution is 2.19. The predicted octanol–water partition coefficient (Wildman–Crippen LogP) is 2.88. The van der Waals surface area contributed by atoms with E-state index in [9.17, 15) is 4.79 Å². The Labute approximate surface area is 118 Å². The predicted molar refractivity (Wildman–Crippen MR) is 78.2 cm³/mol. The summed E-state index contributed by atoms with van der Waals surface area (Å²) in [4.78, 5) is 11.0. The molecule has 0 bridgehead atoms. The summed E-state index contributed by atoms with van der Waals surface area (Å²) < 4.78 is 0. The molecule has 2 rings (SSSR count). The Morgan fingerprint density at radius 1 is 1.42 bits per heavy atom. The van der Waals surface area contributed by atoms with Crippen molar-refractivity contribution in [1.29, 1.82) is 0 Å². The topological polar surface area (TPSA) is 55.1 Å². The van der Waals surface area contributed by atoms with E-state index >= 15 is 0 Å². The van der Waals surface area contributed by atoms with Gasteiger partial charge in [-0.05, 0) is 49.4 Å². The minimum absolute atomic E-state index is 0.449. The molecule has 1 amide bonds. The number of rotatable bonds is 5. The number of amides is 1. The van der Waals surface area contributed by atoms with Gasteiger partial charge in [-0.15, -0.1) is 0 Å². The number of benzene rings is 1. The second kappa shape index (κ2) is 6.73. The Kier molecular flexibility index (Phi) is 5.00. The van der Waals surface area contributed by atoms with Gasteiger partial charge in [-0.1, -0.05) is 29.8 Å². The number of hydrogen-bond acceptors (Lipinski definition) is 2. The van der Waals surface area contributed by atoms with Gasteiger partial charge in [0.1, 0.15) is 0 Å². The number of nitrogens with one attached hydrogen (secondary N) is 1. The van der Waals surface area contributed by atoms with Crippen molar-refractivity contribution in [3.63, 3.8) is 0 Å². The maximum atomic E-state index is 11.0. The molecule has 19 heavy (non-hydrogen) atoms. The molecular weight excluding hydrogens is 260 g/mol. The lowest BCUT2D eigenvalue weighted by atomic mass is 9.94. The van der Waals surface area contributed by atoms with E-state index in [1.165, 1.54) is 12.8 Å². The van der Waals surface area contributed by atoms with Gasteiger partial charge in [0.25, 0.3) is 0 Å². The van der Waals surface area contributed by atoms with Crippen LogP contribution in [0.3, 0.4) is 0 Å². The first-order valence-corrected chi connectivity index (χ1v) is 6.98. The van der Waals surface area contributed by atoms with Gasteiger partial charge in [-0.3, -0.25) is 4.79 Å². The van der Waals surface area contributed by atoms with Crippen molar-refractivity contribution in [2.24, 2.45) is 11.7 Å². The fraction of sp³-hybridized carbons (Fsp3) is 0.400. The fourth-order valence-corrected chi connectivity index (χ4v) is 2.54. The first-order valence-electron chi connectivity index (χ1n) is 6.61. The summed E-state index contributed by atoms with van der Waals surface area (Å²) >= 11 is 6.14. The molecule has 1 aliphatic rings. The van der Waals surface area contributed by atoms with Gasteiger partial charge in [-0.2, -0.15) is 0 Å². The molecule has 1 aliphatic carbocycles. The Bertz CT molecular complexity index is 485. The zero-order valence-corrected chi connectivity index (χ0v) is 11.6. The molecule has 3 nitrogen and oxygen atoms in total. The van der Waals surface area contributed by atoms with Crippen LogP contribution < -0.4 is 11.1 Å². The van der Waals surface area contributed by atoms with Gasteiger partial charge < -0.3 is 11.1 Å². The molecule has 0 saturated heterocycles. The summed E-state index contributed by atoms with van der Waals surface area (Å²) in [6, 6.07) is 5.20. The highest BCUT2D eigenvalue weighted by Gasteiger charge is 2.10. The maximum absolute atomic E-state index is 11.0. The van der Waals surface area contributed by atoms with Crippen LogP contribution in [0.15, 0.2) is 30.4 Å². The normalized spacial score (nSPS) is 18.5. The van der Waals surface area contributed by atoms with Crippen molar-refractivity contribution in [2.75, 3.05) is 6.54 Å². The Morgan fingerprint density at radius 3 is 2.89 bits per heavy atom. The van der Waals surface area contributed by atoms with Crippen molar-refractivity contribution in [3.8, 4) is 0 Å². The van der Waals surface area contributed by atoms with Gasteiger partial charge >= 0.3 is 0 Å².